The SMILES string of the molecule is NC1CCN(S(=O)(=O)CCc2ccccn2)C1. The quantitative estimate of drug-likeness (QED) is 0.821. The Morgan fingerprint density at radius 2 is 2.29 bits per heavy atom. The summed E-state index contributed by atoms with van der Waals surface area (Å²) in [5.74, 6) is 0.108. The Balaban J connectivity index is 1.94. The summed E-state index contributed by atoms with van der Waals surface area (Å²) in [6.45, 7) is 0.996. The van der Waals surface area contributed by atoms with Crippen LogP contribution < -0.4 is 5.73 Å². The van der Waals surface area contributed by atoms with Crippen LogP contribution in [-0.4, -0.2) is 42.6 Å². The topological polar surface area (TPSA) is 76.3 Å². The van der Waals surface area contributed by atoms with Crippen molar-refractivity contribution in [2.75, 3.05) is 18.8 Å². The first-order valence-corrected chi connectivity index (χ1v) is 7.32. The van der Waals surface area contributed by atoms with E-state index in [0.29, 0.717) is 19.5 Å². The minimum atomic E-state index is -3.18. The van der Waals surface area contributed by atoms with Crippen LogP contribution in [0.25, 0.3) is 0 Å². The van der Waals surface area contributed by atoms with Crippen molar-refractivity contribution in [1.29, 1.82) is 0 Å². The van der Waals surface area contributed by atoms with Gasteiger partial charge in [0.05, 0.1) is 5.75 Å². The molecule has 1 saturated heterocycles. The van der Waals surface area contributed by atoms with Gasteiger partial charge in [-0.25, -0.2) is 12.7 Å². The lowest BCUT2D eigenvalue weighted by molar-refractivity contribution is 0.472. The Morgan fingerprint density at radius 1 is 1.47 bits per heavy atom. The summed E-state index contributed by atoms with van der Waals surface area (Å²) < 4.78 is 25.5. The molecule has 2 heterocycles. The highest BCUT2D eigenvalue weighted by atomic mass is 32.2. The third-order valence-corrected chi connectivity index (χ3v) is 4.76. The van der Waals surface area contributed by atoms with Crippen LogP contribution in [0.1, 0.15) is 12.1 Å². The molecule has 1 aliphatic heterocycles. The first-order valence-electron chi connectivity index (χ1n) is 5.71. The molecule has 2 N–H and O–H groups in total. The van der Waals surface area contributed by atoms with Crippen molar-refractivity contribution in [3.8, 4) is 0 Å². The minimum Gasteiger partial charge on any atom is -0.326 e. The Labute approximate surface area is 102 Å². The maximum absolute atomic E-state index is 12.0. The molecule has 1 unspecified atom stereocenters. The van der Waals surface area contributed by atoms with Crippen LogP contribution in [0.2, 0.25) is 0 Å². The molecule has 5 nitrogen and oxygen atoms in total. The number of aromatic nitrogens is 1. The second kappa shape index (κ2) is 5.12. The Hall–Kier alpha value is -0.980. The van der Waals surface area contributed by atoms with Gasteiger partial charge in [-0.15, -0.1) is 0 Å². The van der Waals surface area contributed by atoms with E-state index in [1.807, 2.05) is 18.2 Å². The molecule has 1 aliphatic rings. The van der Waals surface area contributed by atoms with Crippen LogP contribution in [0.4, 0.5) is 0 Å². The summed E-state index contributed by atoms with van der Waals surface area (Å²) in [5, 5.41) is 0. The third-order valence-electron chi connectivity index (χ3n) is 2.92. The molecule has 0 radical (unpaired) electrons. The van der Waals surface area contributed by atoms with Crippen molar-refractivity contribution in [3.63, 3.8) is 0 Å². The number of aryl methyl sites for hydroxylation is 1. The fourth-order valence-electron chi connectivity index (χ4n) is 1.92. The van der Waals surface area contributed by atoms with Gasteiger partial charge in [0.2, 0.25) is 10.0 Å². The van der Waals surface area contributed by atoms with Crippen molar-refractivity contribution < 1.29 is 8.42 Å². The maximum Gasteiger partial charge on any atom is 0.214 e. The largest absolute Gasteiger partial charge is 0.326 e. The summed E-state index contributed by atoms with van der Waals surface area (Å²) in [7, 11) is -3.18. The van der Waals surface area contributed by atoms with E-state index in [2.05, 4.69) is 4.98 Å². The normalized spacial score (nSPS) is 21.8. The lowest BCUT2D eigenvalue weighted by atomic mass is 10.3. The van der Waals surface area contributed by atoms with Gasteiger partial charge in [-0.1, -0.05) is 6.07 Å². The molecule has 0 spiro atoms. The number of nitrogens with two attached hydrogens (primary N) is 1. The van der Waals surface area contributed by atoms with E-state index in [4.69, 9.17) is 5.73 Å². The zero-order chi connectivity index (χ0) is 12.3. The summed E-state index contributed by atoms with van der Waals surface area (Å²) >= 11 is 0. The van der Waals surface area contributed by atoms with Gasteiger partial charge in [0.1, 0.15) is 0 Å². The molecule has 0 aromatic carbocycles. The molecular weight excluding hydrogens is 238 g/mol. The van der Waals surface area contributed by atoms with E-state index < -0.39 is 10.0 Å². The fraction of sp³-hybridized carbons (Fsp3) is 0.545. The molecule has 0 bridgehead atoms. The van der Waals surface area contributed by atoms with Gasteiger partial charge in [-0.05, 0) is 18.6 Å². The average Bonchev–Trinajstić information content (AvgIpc) is 2.76. The van der Waals surface area contributed by atoms with Crippen LogP contribution in [0.5, 0.6) is 0 Å². The van der Waals surface area contributed by atoms with Gasteiger partial charge in [0.15, 0.2) is 0 Å². The predicted octanol–water partition coefficient (Wildman–Crippen LogP) is -0.0131. The van der Waals surface area contributed by atoms with Crippen LogP contribution >= 0.6 is 0 Å². The van der Waals surface area contributed by atoms with Crippen molar-refractivity contribution in [2.45, 2.75) is 18.9 Å². The summed E-state index contributed by atoms with van der Waals surface area (Å²) in [6, 6.07) is 5.50. The van der Waals surface area contributed by atoms with Crippen molar-refractivity contribution >= 4 is 10.0 Å². The third kappa shape index (κ3) is 3.24. The Morgan fingerprint density at radius 3 is 2.88 bits per heavy atom. The molecule has 0 amide bonds. The first-order chi connectivity index (χ1) is 8.08. The molecule has 0 saturated carbocycles. The van der Waals surface area contributed by atoms with Crippen molar-refractivity contribution in [2.24, 2.45) is 5.73 Å². The van der Waals surface area contributed by atoms with E-state index in [1.54, 1.807) is 6.20 Å². The molecule has 1 aromatic rings. The van der Waals surface area contributed by atoms with Gasteiger partial charge < -0.3 is 5.73 Å². The molecule has 17 heavy (non-hydrogen) atoms. The molecular formula is C11H17N3O2S. The monoisotopic (exact) mass is 255 g/mol. The predicted molar refractivity (Wildman–Crippen MR) is 65.9 cm³/mol. The summed E-state index contributed by atoms with van der Waals surface area (Å²) in [4.78, 5) is 4.12. The molecule has 1 fully saturated rings. The smallest absolute Gasteiger partial charge is 0.214 e. The van der Waals surface area contributed by atoms with Crippen molar-refractivity contribution in [1.82, 2.24) is 9.29 Å². The molecule has 1 aromatic heterocycles. The molecule has 0 aliphatic carbocycles. The lowest BCUT2D eigenvalue weighted by Gasteiger charge is -2.15. The zero-order valence-electron chi connectivity index (χ0n) is 9.62. The average molecular weight is 255 g/mol. The van der Waals surface area contributed by atoms with E-state index in [0.717, 1.165) is 12.1 Å². The van der Waals surface area contributed by atoms with Crippen LogP contribution in [-0.2, 0) is 16.4 Å². The van der Waals surface area contributed by atoms with Gasteiger partial charge in [-0.2, -0.15) is 0 Å². The van der Waals surface area contributed by atoms with Crippen LogP contribution in [0.3, 0.4) is 0 Å². The molecule has 1 atom stereocenters. The molecule has 2 rings (SSSR count). The van der Waals surface area contributed by atoms with Crippen LogP contribution in [0.15, 0.2) is 24.4 Å². The van der Waals surface area contributed by atoms with E-state index in [9.17, 15) is 8.42 Å². The number of sulfonamides is 1. The van der Waals surface area contributed by atoms with Crippen molar-refractivity contribution in [3.05, 3.63) is 30.1 Å². The fourth-order valence-corrected chi connectivity index (χ4v) is 3.44. The minimum absolute atomic E-state index is 0.0142. The van der Waals surface area contributed by atoms with E-state index in [1.165, 1.54) is 4.31 Å². The zero-order valence-corrected chi connectivity index (χ0v) is 10.4. The molecule has 94 valence electrons. The van der Waals surface area contributed by atoms with Gasteiger partial charge in [0.25, 0.3) is 0 Å². The highest BCUT2D eigenvalue weighted by molar-refractivity contribution is 7.89. The summed E-state index contributed by atoms with van der Waals surface area (Å²) in [6.07, 6.45) is 2.88. The second-order valence-corrected chi connectivity index (χ2v) is 6.38. The first kappa shape index (κ1) is 12.5. The number of pyridine rings is 1. The highest BCUT2D eigenvalue weighted by Gasteiger charge is 2.29. The van der Waals surface area contributed by atoms with Gasteiger partial charge in [0, 0.05) is 37.4 Å². The number of hydrogen-bond donors (Lipinski definition) is 1. The van der Waals surface area contributed by atoms with Gasteiger partial charge in [-0.3, -0.25) is 4.98 Å². The number of rotatable bonds is 4. The van der Waals surface area contributed by atoms with E-state index in [-0.39, 0.29) is 11.8 Å². The van der Waals surface area contributed by atoms with Gasteiger partial charge >= 0.3 is 0 Å². The Bertz CT molecular complexity index is 461. The highest BCUT2D eigenvalue weighted by Crippen LogP contribution is 2.13. The van der Waals surface area contributed by atoms with E-state index >= 15 is 0 Å². The molecule has 6 heteroatoms. The maximum atomic E-state index is 12.0. The number of nitrogens with zero attached hydrogens (tertiary/aromatic N) is 2. The second-order valence-electron chi connectivity index (χ2n) is 4.29. The Kier molecular flexibility index (Phi) is 3.76. The number of hydrogen-bond acceptors (Lipinski definition) is 4. The lowest BCUT2D eigenvalue weighted by Crippen LogP contribution is -2.34. The standard InChI is InChI=1S/C11H17N3O2S/c12-10-4-7-14(9-10)17(15,16)8-5-11-3-1-2-6-13-11/h1-3,6,10H,4-5,7-9,12H2. The van der Waals surface area contributed by atoms with Crippen LogP contribution in [0, 0.1) is 0 Å². The summed E-state index contributed by atoms with van der Waals surface area (Å²) in [5.41, 5.74) is 6.52.